The molecule has 10 heteroatoms. The Bertz CT molecular complexity index is 564. The number of nitro groups is 2. The lowest BCUT2D eigenvalue weighted by atomic mass is 10.2. The Hall–Kier alpha value is -1.81. The largest absolute Gasteiger partial charge is 0.438 e. The van der Waals surface area contributed by atoms with Crippen molar-refractivity contribution in [3.05, 3.63) is 26.4 Å². The van der Waals surface area contributed by atoms with Gasteiger partial charge >= 0.3 is 11.8 Å². The Morgan fingerprint density at radius 3 is 2.32 bits per heavy atom. The van der Waals surface area contributed by atoms with Crippen LogP contribution in [-0.4, -0.2) is 34.3 Å². The second kappa shape index (κ2) is 6.52. The summed E-state index contributed by atoms with van der Waals surface area (Å²) in [4.78, 5) is 23.5. The number of nitrogens with zero attached hydrogens (tertiary/aromatic N) is 4. The summed E-state index contributed by atoms with van der Waals surface area (Å²) in [5.41, 5.74) is 0. The van der Waals surface area contributed by atoms with Crippen molar-refractivity contribution in [1.29, 1.82) is 0 Å². The molecule has 1 rings (SSSR count). The topological polar surface area (TPSA) is 113 Å². The minimum atomic E-state index is -1.86. The van der Waals surface area contributed by atoms with Gasteiger partial charge in [0, 0.05) is 13.0 Å². The van der Waals surface area contributed by atoms with Crippen molar-refractivity contribution in [3.8, 4) is 0 Å². The van der Waals surface area contributed by atoms with Crippen molar-refractivity contribution >= 4 is 20.1 Å². The summed E-state index contributed by atoms with van der Waals surface area (Å²) >= 11 is 0. The zero-order chi connectivity index (χ0) is 17.1. The van der Waals surface area contributed by atoms with Crippen LogP contribution < -0.4 is 0 Å². The van der Waals surface area contributed by atoms with Gasteiger partial charge in [0.15, 0.2) is 14.5 Å². The molecular weight excluding hydrogens is 308 g/mol. The number of aryl methyl sites for hydroxylation is 1. The predicted molar refractivity (Wildman–Crippen MR) is 83.3 cm³/mol. The van der Waals surface area contributed by atoms with Crippen LogP contribution in [0.15, 0.2) is 6.20 Å². The fraction of sp³-hybridized carbons (Fsp3) is 0.750. The van der Waals surface area contributed by atoms with Crippen LogP contribution in [0.2, 0.25) is 18.1 Å². The molecule has 0 unspecified atom stereocenters. The van der Waals surface area contributed by atoms with Crippen LogP contribution >= 0.6 is 0 Å². The highest BCUT2D eigenvalue weighted by Crippen LogP contribution is 2.36. The first-order chi connectivity index (χ1) is 9.95. The van der Waals surface area contributed by atoms with Crippen LogP contribution in [0.3, 0.4) is 0 Å². The Morgan fingerprint density at radius 2 is 1.86 bits per heavy atom. The summed E-state index contributed by atoms with van der Waals surface area (Å²) in [6.07, 6.45) is 1.62. The van der Waals surface area contributed by atoms with E-state index in [9.17, 15) is 20.2 Å². The van der Waals surface area contributed by atoms with Crippen molar-refractivity contribution in [1.82, 2.24) is 9.55 Å². The minimum Gasteiger partial charge on any atom is -0.417 e. The van der Waals surface area contributed by atoms with E-state index in [0.717, 1.165) is 6.20 Å². The van der Waals surface area contributed by atoms with E-state index in [1.807, 2.05) is 0 Å². The van der Waals surface area contributed by atoms with Gasteiger partial charge in [-0.15, -0.1) is 0 Å². The Balaban J connectivity index is 2.66. The van der Waals surface area contributed by atoms with E-state index in [1.54, 1.807) is 0 Å². The lowest BCUT2D eigenvalue weighted by Gasteiger charge is -2.36. The molecule has 0 aliphatic heterocycles. The maximum atomic E-state index is 10.9. The predicted octanol–water partition coefficient (Wildman–Crippen LogP) is 3.11. The molecule has 0 aliphatic carbocycles. The Labute approximate surface area is 129 Å². The molecule has 0 bridgehead atoms. The fourth-order valence-electron chi connectivity index (χ4n) is 1.57. The van der Waals surface area contributed by atoms with Gasteiger partial charge in [-0.1, -0.05) is 20.8 Å². The smallest absolute Gasteiger partial charge is 0.417 e. The van der Waals surface area contributed by atoms with E-state index in [2.05, 4.69) is 38.8 Å². The number of hydrogen-bond donors (Lipinski definition) is 0. The van der Waals surface area contributed by atoms with E-state index < -0.39 is 29.9 Å². The molecule has 0 saturated heterocycles. The van der Waals surface area contributed by atoms with Crippen molar-refractivity contribution in [3.63, 3.8) is 0 Å². The maximum absolute atomic E-state index is 10.9. The lowest BCUT2D eigenvalue weighted by molar-refractivity contribution is -0.403. The normalized spacial score (nSPS) is 12.4. The van der Waals surface area contributed by atoms with E-state index >= 15 is 0 Å². The molecule has 9 nitrogen and oxygen atoms in total. The average molecular weight is 330 g/mol. The van der Waals surface area contributed by atoms with E-state index in [0.29, 0.717) is 13.0 Å². The van der Waals surface area contributed by atoms with Gasteiger partial charge in [0.25, 0.3) is 0 Å². The molecule has 1 aromatic rings. The van der Waals surface area contributed by atoms with E-state index in [-0.39, 0.29) is 11.6 Å². The summed E-state index contributed by atoms with van der Waals surface area (Å²) in [5.74, 6) is -1.03. The molecule has 0 amide bonds. The van der Waals surface area contributed by atoms with Gasteiger partial charge in [-0.3, -0.25) is 0 Å². The lowest BCUT2D eigenvalue weighted by Crippen LogP contribution is -2.41. The third kappa shape index (κ3) is 4.34. The molecule has 0 atom stereocenters. The standard InChI is InChI=1S/C12H22N4O5Si/c1-12(2,3)22(4,5)21-8-6-7-14-9-10(15(17)18)13-11(14)16(19)20/h9H,6-8H2,1-5H3. The van der Waals surface area contributed by atoms with Crippen LogP contribution in [0, 0.1) is 20.2 Å². The summed E-state index contributed by atoms with van der Waals surface area (Å²) in [7, 11) is -1.86. The van der Waals surface area contributed by atoms with Gasteiger partial charge in [0.05, 0.1) is 6.54 Å². The second-order valence-electron chi connectivity index (χ2n) is 6.57. The SMILES string of the molecule is CC(C)(C)[Si](C)(C)OCCCn1cc([N+](=O)[O-])nc1[N+](=O)[O-]. The summed E-state index contributed by atoms with van der Waals surface area (Å²) in [6, 6.07) is 0. The molecule has 1 heterocycles. The second-order valence-corrected chi connectivity index (χ2v) is 11.4. The van der Waals surface area contributed by atoms with Crippen molar-refractivity contribution in [2.24, 2.45) is 0 Å². The molecule has 0 fully saturated rings. The zero-order valence-corrected chi connectivity index (χ0v) is 14.5. The van der Waals surface area contributed by atoms with Crippen molar-refractivity contribution in [2.75, 3.05) is 6.61 Å². The van der Waals surface area contributed by atoms with Gasteiger partial charge in [0.1, 0.15) is 0 Å². The third-order valence-corrected chi connectivity index (χ3v) is 8.44. The first-order valence-electron chi connectivity index (χ1n) is 6.95. The van der Waals surface area contributed by atoms with Crippen molar-refractivity contribution in [2.45, 2.75) is 51.9 Å². The molecule has 0 aliphatic rings. The minimum absolute atomic E-state index is 0.0901. The summed E-state index contributed by atoms with van der Waals surface area (Å²) < 4.78 is 7.16. The first-order valence-corrected chi connectivity index (χ1v) is 9.86. The van der Waals surface area contributed by atoms with Crippen molar-refractivity contribution < 1.29 is 14.3 Å². The molecule has 0 N–H and O–H groups in total. The maximum Gasteiger partial charge on any atom is 0.438 e. The van der Waals surface area contributed by atoms with Crippen LogP contribution in [0.1, 0.15) is 27.2 Å². The molecule has 0 saturated carbocycles. The van der Waals surface area contributed by atoms with Gasteiger partial charge < -0.3 is 24.7 Å². The van der Waals surface area contributed by atoms with Crippen LogP contribution in [-0.2, 0) is 11.0 Å². The highest BCUT2D eigenvalue weighted by atomic mass is 28.4. The first kappa shape index (κ1) is 18.2. The molecule has 0 radical (unpaired) electrons. The number of imidazole rings is 1. The monoisotopic (exact) mass is 330 g/mol. The fourth-order valence-corrected chi connectivity index (χ4v) is 2.66. The number of hydrogen-bond acceptors (Lipinski definition) is 6. The molecular formula is C12H22N4O5Si. The summed E-state index contributed by atoms with van der Waals surface area (Å²) in [5, 5.41) is 21.6. The third-order valence-electron chi connectivity index (χ3n) is 3.91. The number of aromatic nitrogens is 2. The van der Waals surface area contributed by atoms with Gasteiger partial charge in [-0.25, -0.2) is 4.57 Å². The average Bonchev–Trinajstić information content (AvgIpc) is 2.77. The van der Waals surface area contributed by atoms with E-state index in [4.69, 9.17) is 4.43 Å². The Kier molecular flexibility index (Phi) is 5.41. The molecule has 22 heavy (non-hydrogen) atoms. The van der Waals surface area contributed by atoms with Gasteiger partial charge in [0.2, 0.25) is 0 Å². The van der Waals surface area contributed by atoms with Crippen LogP contribution in [0.25, 0.3) is 0 Å². The van der Waals surface area contributed by atoms with Gasteiger partial charge in [-0.05, 0) is 33.0 Å². The number of rotatable bonds is 7. The van der Waals surface area contributed by atoms with E-state index in [1.165, 1.54) is 4.57 Å². The zero-order valence-electron chi connectivity index (χ0n) is 13.5. The molecule has 0 aromatic carbocycles. The molecule has 1 aromatic heterocycles. The molecule has 0 spiro atoms. The highest BCUT2D eigenvalue weighted by Gasteiger charge is 2.36. The van der Waals surface area contributed by atoms with Crippen LogP contribution in [0.4, 0.5) is 11.8 Å². The van der Waals surface area contributed by atoms with Gasteiger partial charge in [-0.2, -0.15) is 0 Å². The molecule has 124 valence electrons. The quantitative estimate of drug-likeness (QED) is 0.328. The summed E-state index contributed by atoms with van der Waals surface area (Å²) in [6.45, 7) is 11.3. The van der Waals surface area contributed by atoms with Crippen LogP contribution in [0.5, 0.6) is 0 Å². The highest BCUT2D eigenvalue weighted by molar-refractivity contribution is 6.74. The Morgan fingerprint density at radius 1 is 1.27 bits per heavy atom.